The number of hydrogen-bond donors (Lipinski definition) is 0. The maximum Gasteiger partial charge on any atom is 0.228 e. The van der Waals surface area contributed by atoms with Crippen LogP contribution < -0.4 is 0 Å². The molecule has 1 heterocycles. The molecule has 0 aromatic heterocycles. The fourth-order valence-corrected chi connectivity index (χ4v) is 1.07. The van der Waals surface area contributed by atoms with Crippen LogP contribution in [0.25, 0.3) is 0 Å². The van der Waals surface area contributed by atoms with E-state index < -0.39 is 9.29 Å². The van der Waals surface area contributed by atoms with Gasteiger partial charge in [-0.25, -0.2) is 0 Å². The lowest BCUT2D eigenvalue weighted by atomic mass is 9.85. The highest BCUT2D eigenvalue weighted by molar-refractivity contribution is 6.60. The molecule has 2 radical (unpaired) electrons. The lowest BCUT2D eigenvalue weighted by Crippen LogP contribution is -2.37. The molecule has 50 valence electrons. The van der Waals surface area contributed by atoms with Crippen LogP contribution in [0.5, 0.6) is 0 Å². The van der Waals surface area contributed by atoms with E-state index in [0.29, 0.717) is 13.0 Å². The summed E-state index contributed by atoms with van der Waals surface area (Å²) in [5.74, 6) is 0. The standard InChI is InChI=1S/C4H4BCl3O/c5-3(6)1-2-9-4(3,7)8/h1-2H2. The number of ether oxygens (including phenoxy) is 1. The molecule has 0 amide bonds. The molecule has 1 unspecified atom stereocenters. The van der Waals surface area contributed by atoms with Crippen molar-refractivity contribution in [1.82, 2.24) is 0 Å². The van der Waals surface area contributed by atoms with E-state index in [1.54, 1.807) is 0 Å². The molecule has 1 saturated heterocycles. The van der Waals surface area contributed by atoms with Crippen LogP contribution in [0.15, 0.2) is 0 Å². The zero-order valence-corrected chi connectivity index (χ0v) is 6.80. The predicted octanol–water partition coefficient (Wildman–Crippen LogP) is 1.64. The molecule has 0 aliphatic carbocycles. The second-order valence-electron chi connectivity index (χ2n) is 1.98. The maximum atomic E-state index is 5.65. The average Bonchev–Trinajstić information content (AvgIpc) is 1.81. The SMILES string of the molecule is [B]C1(Cl)CCOC1(Cl)Cl. The first-order chi connectivity index (χ1) is 3.96. The van der Waals surface area contributed by atoms with Crippen LogP contribution in [0, 0.1) is 0 Å². The normalized spacial score (nSPS) is 41.2. The number of rotatable bonds is 0. The van der Waals surface area contributed by atoms with E-state index in [1.807, 2.05) is 0 Å². The monoisotopic (exact) mass is 184 g/mol. The molecular weight excluding hydrogens is 181 g/mol. The molecule has 0 aromatic rings. The summed E-state index contributed by atoms with van der Waals surface area (Å²) in [6.45, 7) is 0.410. The number of halogens is 3. The third-order valence-corrected chi connectivity index (χ3v) is 2.77. The third-order valence-electron chi connectivity index (χ3n) is 1.23. The molecule has 1 fully saturated rings. The molecular formula is C4H4BCl3O. The van der Waals surface area contributed by atoms with Gasteiger partial charge in [0.1, 0.15) is 7.85 Å². The first-order valence-electron chi connectivity index (χ1n) is 2.45. The summed E-state index contributed by atoms with van der Waals surface area (Å²) in [7, 11) is 5.43. The Balaban J connectivity index is 2.75. The lowest BCUT2D eigenvalue weighted by molar-refractivity contribution is 0.136. The van der Waals surface area contributed by atoms with E-state index in [0.717, 1.165) is 0 Å². The van der Waals surface area contributed by atoms with Crippen LogP contribution in [-0.4, -0.2) is 23.7 Å². The molecule has 1 aliphatic rings. The highest BCUT2D eigenvalue weighted by Crippen LogP contribution is 2.45. The van der Waals surface area contributed by atoms with Crippen molar-refractivity contribution < 1.29 is 4.74 Å². The minimum absolute atomic E-state index is 0.410. The van der Waals surface area contributed by atoms with E-state index in [2.05, 4.69) is 0 Å². The van der Waals surface area contributed by atoms with Gasteiger partial charge in [0, 0.05) is 0 Å². The van der Waals surface area contributed by atoms with Gasteiger partial charge < -0.3 is 4.74 Å². The maximum absolute atomic E-state index is 5.65. The highest BCUT2D eigenvalue weighted by atomic mass is 35.5. The largest absolute Gasteiger partial charge is 0.346 e. The van der Waals surface area contributed by atoms with Crippen molar-refractivity contribution >= 4 is 42.6 Å². The second-order valence-corrected chi connectivity index (χ2v) is 3.91. The molecule has 1 aliphatic heterocycles. The van der Waals surface area contributed by atoms with E-state index in [9.17, 15) is 0 Å². The van der Waals surface area contributed by atoms with Crippen molar-refractivity contribution in [1.29, 1.82) is 0 Å². The van der Waals surface area contributed by atoms with Crippen molar-refractivity contribution in [3.8, 4) is 0 Å². The molecule has 1 atom stereocenters. The molecule has 0 aromatic carbocycles. The van der Waals surface area contributed by atoms with Gasteiger partial charge in [-0.2, -0.15) is 0 Å². The molecule has 5 heteroatoms. The van der Waals surface area contributed by atoms with E-state index in [1.165, 1.54) is 0 Å². The smallest absolute Gasteiger partial charge is 0.228 e. The second kappa shape index (κ2) is 2.19. The van der Waals surface area contributed by atoms with Crippen molar-refractivity contribution in [2.75, 3.05) is 6.61 Å². The van der Waals surface area contributed by atoms with Gasteiger partial charge >= 0.3 is 0 Å². The van der Waals surface area contributed by atoms with Gasteiger partial charge in [-0.05, 0) is 6.42 Å². The van der Waals surface area contributed by atoms with Gasteiger partial charge in [0.2, 0.25) is 4.52 Å². The average molecular weight is 185 g/mol. The summed E-state index contributed by atoms with van der Waals surface area (Å²) in [5, 5.41) is 0. The Kier molecular flexibility index (Phi) is 1.95. The van der Waals surface area contributed by atoms with E-state index >= 15 is 0 Å². The van der Waals surface area contributed by atoms with Gasteiger partial charge in [0.15, 0.2) is 0 Å². The van der Waals surface area contributed by atoms with Crippen molar-refractivity contribution in [3.63, 3.8) is 0 Å². The Morgan fingerprint density at radius 1 is 1.33 bits per heavy atom. The Labute approximate surface area is 70.0 Å². The topological polar surface area (TPSA) is 9.23 Å². The number of hydrogen-bond acceptors (Lipinski definition) is 1. The lowest BCUT2D eigenvalue weighted by Gasteiger charge is -2.25. The molecule has 0 N–H and O–H groups in total. The van der Waals surface area contributed by atoms with Crippen molar-refractivity contribution in [2.45, 2.75) is 15.7 Å². The number of alkyl halides is 3. The van der Waals surface area contributed by atoms with E-state index in [4.69, 9.17) is 47.4 Å². The van der Waals surface area contributed by atoms with Gasteiger partial charge in [0.25, 0.3) is 0 Å². The van der Waals surface area contributed by atoms with Gasteiger partial charge in [0.05, 0.1) is 11.4 Å². The van der Waals surface area contributed by atoms with Crippen LogP contribution in [0.3, 0.4) is 0 Å². The molecule has 0 saturated carbocycles. The van der Waals surface area contributed by atoms with Crippen LogP contribution >= 0.6 is 34.8 Å². The molecule has 0 bridgehead atoms. The fraction of sp³-hybridized carbons (Fsp3) is 1.00. The molecule has 0 spiro atoms. The van der Waals surface area contributed by atoms with Gasteiger partial charge in [-0.3, -0.25) is 0 Å². The molecule has 9 heavy (non-hydrogen) atoms. The Bertz CT molecular complexity index is 111. The fourth-order valence-electron chi connectivity index (χ4n) is 0.593. The zero-order valence-electron chi connectivity index (χ0n) is 4.53. The summed E-state index contributed by atoms with van der Waals surface area (Å²) in [6.07, 6.45) is 0.474. The summed E-state index contributed by atoms with van der Waals surface area (Å²) in [4.78, 5) is 0. The first kappa shape index (κ1) is 8.00. The Morgan fingerprint density at radius 3 is 2.00 bits per heavy atom. The molecule has 1 nitrogen and oxygen atoms in total. The highest BCUT2D eigenvalue weighted by Gasteiger charge is 2.49. The minimum atomic E-state index is -1.42. The summed E-state index contributed by atoms with van der Waals surface area (Å²) in [5.41, 5.74) is 0. The van der Waals surface area contributed by atoms with Crippen molar-refractivity contribution in [2.24, 2.45) is 0 Å². The Morgan fingerprint density at radius 2 is 1.89 bits per heavy atom. The first-order valence-corrected chi connectivity index (χ1v) is 3.59. The quantitative estimate of drug-likeness (QED) is 0.412. The minimum Gasteiger partial charge on any atom is -0.346 e. The van der Waals surface area contributed by atoms with Crippen LogP contribution in [-0.2, 0) is 4.74 Å². The van der Waals surface area contributed by atoms with Gasteiger partial charge in [-0.15, -0.1) is 11.6 Å². The zero-order chi connectivity index (χ0) is 7.12. The molecule has 1 rings (SSSR count). The van der Waals surface area contributed by atoms with Gasteiger partial charge in [-0.1, -0.05) is 23.2 Å². The van der Waals surface area contributed by atoms with Crippen LogP contribution in [0.2, 0.25) is 0 Å². The summed E-state index contributed by atoms with van der Waals surface area (Å²) < 4.78 is 2.28. The third kappa shape index (κ3) is 1.32. The van der Waals surface area contributed by atoms with E-state index in [-0.39, 0.29) is 0 Å². The summed E-state index contributed by atoms with van der Waals surface area (Å²) >= 11 is 16.7. The van der Waals surface area contributed by atoms with Crippen molar-refractivity contribution in [3.05, 3.63) is 0 Å². The van der Waals surface area contributed by atoms with Crippen LogP contribution in [0.1, 0.15) is 6.42 Å². The van der Waals surface area contributed by atoms with Crippen LogP contribution in [0.4, 0.5) is 0 Å². The Hall–Kier alpha value is 0.895. The summed E-state index contributed by atoms with van der Waals surface area (Å²) in [6, 6.07) is 0. The predicted molar refractivity (Wildman–Crippen MR) is 39.3 cm³/mol.